The molecule has 2 aromatic carbocycles. The van der Waals surface area contributed by atoms with E-state index >= 15 is 0 Å². The van der Waals surface area contributed by atoms with Gasteiger partial charge >= 0.3 is 0 Å². The maximum atomic E-state index is 13.2. The smallest absolute Gasteiger partial charge is 0.264 e. The quantitative estimate of drug-likeness (QED) is 0.743. The van der Waals surface area contributed by atoms with Crippen molar-refractivity contribution in [3.63, 3.8) is 0 Å². The van der Waals surface area contributed by atoms with Gasteiger partial charge in [0.25, 0.3) is 15.9 Å². The van der Waals surface area contributed by atoms with Crippen molar-refractivity contribution >= 4 is 21.6 Å². The van der Waals surface area contributed by atoms with E-state index in [0.29, 0.717) is 30.9 Å². The predicted molar refractivity (Wildman–Crippen MR) is 105 cm³/mol. The number of amides is 1. The van der Waals surface area contributed by atoms with Crippen molar-refractivity contribution in [3.8, 4) is 0 Å². The Hall–Kier alpha value is -2.34. The molecule has 0 heterocycles. The highest BCUT2D eigenvalue weighted by atomic mass is 32.2. The fourth-order valence-electron chi connectivity index (χ4n) is 2.88. The van der Waals surface area contributed by atoms with Gasteiger partial charge in [-0.2, -0.15) is 0 Å². The summed E-state index contributed by atoms with van der Waals surface area (Å²) >= 11 is 0. The first kappa shape index (κ1) is 20.0. The number of rotatable bonds is 7. The number of hydrogen-bond acceptors (Lipinski definition) is 3. The topological polar surface area (TPSA) is 57.7 Å². The SMILES string of the molecule is CCN(CC)C(=O)c1cccc(S(=O)(=O)N(CC)c2cccc(C)c2)c1. The molecule has 140 valence electrons. The van der Waals surface area contributed by atoms with Gasteiger partial charge in [-0.25, -0.2) is 8.42 Å². The maximum Gasteiger partial charge on any atom is 0.264 e. The molecule has 2 aromatic rings. The molecule has 0 fully saturated rings. The summed E-state index contributed by atoms with van der Waals surface area (Å²) in [7, 11) is -3.75. The van der Waals surface area contributed by atoms with E-state index in [2.05, 4.69) is 0 Å². The van der Waals surface area contributed by atoms with Crippen molar-refractivity contribution in [2.24, 2.45) is 0 Å². The summed E-state index contributed by atoms with van der Waals surface area (Å²) < 4.78 is 27.7. The number of hydrogen-bond donors (Lipinski definition) is 0. The molecule has 0 saturated heterocycles. The third-order valence-electron chi connectivity index (χ3n) is 4.30. The highest BCUT2D eigenvalue weighted by Gasteiger charge is 2.25. The molecule has 26 heavy (non-hydrogen) atoms. The second-order valence-electron chi connectivity index (χ2n) is 6.01. The number of carbonyl (C=O) groups excluding carboxylic acids is 1. The summed E-state index contributed by atoms with van der Waals surface area (Å²) in [5.74, 6) is -0.161. The monoisotopic (exact) mass is 374 g/mol. The Balaban J connectivity index is 2.45. The Kier molecular flexibility index (Phi) is 6.42. The maximum absolute atomic E-state index is 13.2. The minimum Gasteiger partial charge on any atom is -0.339 e. The highest BCUT2D eigenvalue weighted by Crippen LogP contribution is 2.25. The number of sulfonamides is 1. The Labute approximate surface area is 156 Å². The summed E-state index contributed by atoms with van der Waals surface area (Å²) in [6, 6.07) is 13.7. The first-order valence-electron chi connectivity index (χ1n) is 8.83. The zero-order valence-electron chi connectivity index (χ0n) is 15.8. The lowest BCUT2D eigenvalue weighted by molar-refractivity contribution is 0.0772. The van der Waals surface area contributed by atoms with Gasteiger partial charge in [0, 0.05) is 25.2 Å². The fourth-order valence-corrected chi connectivity index (χ4v) is 4.40. The van der Waals surface area contributed by atoms with Gasteiger partial charge in [0.2, 0.25) is 0 Å². The van der Waals surface area contributed by atoms with Gasteiger partial charge in [0.1, 0.15) is 0 Å². The molecule has 0 spiro atoms. The van der Waals surface area contributed by atoms with Crippen molar-refractivity contribution in [3.05, 3.63) is 59.7 Å². The summed E-state index contributed by atoms with van der Waals surface area (Å²) in [6.45, 7) is 8.99. The molecule has 0 unspecified atom stereocenters. The van der Waals surface area contributed by atoms with Gasteiger partial charge in [-0.1, -0.05) is 18.2 Å². The van der Waals surface area contributed by atoms with Gasteiger partial charge < -0.3 is 4.90 Å². The van der Waals surface area contributed by atoms with Crippen LogP contribution in [0.1, 0.15) is 36.7 Å². The summed E-state index contributed by atoms with van der Waals surface area (Å²) in [5, 5.41) is 0. The molecular weight excluding hydrogens is 348 g/mol. The average Bonchev–Trinajstić information content (AvgIpc) is 2.63. The molecule has 0 aliphatic heterocycles. The molecule has 0 radical (unpaired) electrons. The molecule has 2 rings (SSSR count). The molecule has 1 amide bonds. The van der Waals surface area contributed by atoms with Crippen LogP contribution in [0.2, 0.25) is 0 Å². The predicted octanol–water partition coefficient (Wildman–Crippen LogP) is 3.69. The summed E-state index contributed by atoms with van der Waals surface area (Å²) in [6.07, 6.45) is 0. The third kappa shape index (κ3) is 4.07. The Morgan fingerprint density at radius 1 is 0.923 bits per heavy atom. The highest BCUT2D eigenvalue weighted by molar-refractivity contribution is 7.92. The van der Waals surface area contributed by atoms with E-state index in [1.807, 2.05) is 39.0 Å². The van der Waals surface area contributed by atoms with Gasteiger partial charge in [-0.05, 0) is 63.6 Å². The second-order valence-corrected chi connectivity index (χ2v) is 7.88. The van der Waals surface area contributed by atoms with Crippen molar-refractivity contribution in [1.82, 2.24) is 4.90 Å². The largest absolute Gasteiger partial charge is 0.339 e. The molecule has 0 bridgehead atoms. The molecular formula is C20H26N2O3S. The molecule has 5 nitrogen and oxygen atoms in total. The van der Waals surface area contributed by atoms with E-state index in [4.69, 9.17) is 0 Å². The van der Waals surface area contributed by atoms with E-state index in [1.165, 1.54) is 16.4 Å². The van der Waals surface area contributed by atoms with Crippen molar-refractivity contribution in [2.75, 3.05) is 23.9 Å². The number of aryl methyl sites for hydroxylation is 1. The molecule has 0 saturated carbocycles. The standard InChI is InChI=1S/C20H26N2O3S/c1-5-21(6-2)20(23)17-11-9-13-19(15-17)26(24,25)22(7-3)18-12-8-10-16(4)14-18/h8-15H,5-7H2,1-4H3. The minimum absolute atomic E-state index is 0.124. The van der Waals surface area contributed by atoms with Crippen molar-refractivity contribution in [2.45, 2.75) is 32.6 Å². The van der Waals surface area contributed by atoms with Gasteiger partial charge in [-0.3, -0.25) is 9.10 Å². The number of nitrogens with zero attached hydrogens (tertiary/aromatic N) is 2. The molecule has 0 aromatic heterocycles. The molecule has 0 atom stereocenters. The van der Waals surface area contributed by atoms with Crippen molar-refractivity contribution in [1.29, 1.82) is 0 Å². The van der Waals surface area contributed by atoms with E-state index in [9.17, 15) is 13.2 Å². The lowest BCUT2D eigenvalue weighted by atomic mass is 10.2. The third-order valence-corrected chi connectivity index (χ3v) is 6.20. The molecule has 6 heteroatoms. The van der Waals surface area contributed by atoms with Crippen LogP contribution in [-0.4, -0.2) is 38.9 Å². The van der Waals surface area contributed by atoms with Crippen LogP contribution in [-0.2, 0) is 10.0 Å². The van der Waals surface area contributed by atoms with E-state index in [1.54, 1.807) is 30.0 Å². The summed E-state index contributed by atoms with van der Waals surface area (Å²) in [5.41, 5.74) is 1.99. The minimum atomic E-state index is -3.75. The van der Waals surface area contributed by atoms with Crippen LogP contribution in [0.5, 0.6) is 0 Å². The first-order chi connectivity index (χ1) is 12.3. The lowest BCUT2D eigenvalue weighted by Gasteiger charge is -2.24. The fraction of sp³-hybridized carbons (Fsp3) is 0.350. The normalized spacial score (nSPS) is 11.2. The summed E-state index contributed by atoms with van der Waals surface area (Å²) in [4.78, 5) is 14.4. The van der Waals surface area contributed by atoms with Crippen LogP contribution >= 0.6 is 0 Å². The Bertz CT molecular complexity index is 874. The van der Waals surface area contributed by atoms with Crippen LogP contribution in [0.4, 0.5) is 5.69 Å². The van der Waals surface area contributed by atoms with Crippen molar-refractivity contribution < 1.29 is 13.2 Å². The Morgan fingerprint density at radius 3 is 2.15 bits per heavy atom. The molecule has 0 aliphatic rings. The van der Waals surface area contributed by atoms with Crippen LogP contribution < -0.4 is 4.31 Å². The van der Waals surface area contributed by atoms with Crippen LogP contribution in [0.3, 0.4) is 0 Å². The van der Waals surface area contributed by atoms with E-state index in [0.717, 1.165) is 5.56 Å². The van der Waals surface area contributed by atoms with Crippen LogP contribution in [0, 0.1) is 6.92 Å². The zero-order chi connectivity index (χ0) is 19.3. The van der Waals surface area contributed by atoms with Crippen LogP contribution in [0.15, 0.2) is 53.4 Å². The second kappa shape index (κ2) is 8.36. The number of carbonyl (C=O) groups is 1. The van der Waals surface area contributed by atoms with E-state index < -0.39 is 10.0 Å². The average molecular weight is 375 g/mol. The zero-order valence-corrected chi connectivity index (χ0v) is 16.6. The van der Waals surface area contributed by atoms with Gasteiger partial charge in [0.05, 0.1) is 10.6 Å². The number of benzene rings is 2. The Morgan fingerprint density at radius 2 is 1.58 bits per heavy atom. The van der Waals surface area contributed by atoms with Crippen LogP contribution in [0.25, 0.3) is 0 Å². The lowest BCUT2D eigenvalue weighted by Crippen LogP contribution is -2.32. The van der Waals surface area contributed by atoms with E-state index in [-0.39, 0.29) is 10.8 Å². The number of anilines is 1. The van der Waals surface area contributed by atoms with Gasteiger partial charge in [0.15, 0.2) is 0 Å². The van der Waals surface area contributed by atoms with Gasteiger partial charge in [-0.15, -0.1) is 0 Å². The molecule has 0 N–H and O–H groups in total. The molecule has 0 aliphatic carbocycles. The first-order valence-corrected chi connectivity index (χ1v) is 10.3.